The standard InChI is InChI=1S/C15H26O3P/c1-14(2,3)11-9-8-10-12(15(4,5)6)13(11)18-19(7,16)17/h8-10,16-17H,1-7H3/q+1. The SMILES string of the molecule is CC(C)(C)c1cccc(C(C)(C)C)c1O[P+](C)(O)O. The molecule has 0 spiro atoms. The molecule has 0 heterocycles. The summed E-state index contributed by atoms with van der Waals surface area (Å²) < 4.78 is 5.54. The van der Waals surface area contributed by atoms with Gasteiger partial charge >= 0.3 is 7.94 Å². The van der Waals surface area contributed by atoms with E-state index >= 15 is 0 Å². The van der Waals surface area contributed by atoms with E-state index in [4.69, 9.17) is 4.52 Å². The molecule has 108 valence electrons. The summed E-state index contributed by atoms with van der Waals surface area (Å²) in [6, 6.07) is 5.97. The monoisotopic (exact) mass is 285 g/mol. The van der Waals surface area contributed by atoms with Gasteiger partial charge in [-0.05, 0) is 10.8 Å². The Morgan fingerprint density at radius 1 is 0.895 bits per heavy atom. The third-order valence-electron chi connectivity index (χ3n) is 2.90. The second-order valence-electron chi connectivity index (χ2n) is 7.11. The van der Waals surface area contributed by atoms with Crippen molar-refractivity contribution in [2.75, 3.05) is 6.66 Å². The molecule has 0 aromatic heterocycles. The lowest BCUT2D eigenvalue weighted by Crippen LogP contribution is -2.19. The van der Waals surface area contributed by atoms with Crippen LogP contribution in [0.2, 0.25) is 0 Å². The molecule has 3 nitrogen and oxygen atoms in total. The summed E-state index contributed by atoms with van der Waals surface area (Å²) in [7, 11) is -3.33. The molecule has 0 saturated heterocycles. The lowest BCUT2D eigenvalue weighted by molar-refractivity contribution is 0.338. The van der Waals surface area contributed by atoms with Gasteiger partial charge in [0.25, 0.3) is 0 Å². The van der Waals surface area contributed by atoms with E-state index in [-0.39, 0.29) is 10.8 Å². The first-order valence-corrected chi connectivity index (χ1v) is 8.54. The van der Waals surface area contributed by atoms with Crippen LogP contribution >= 0.6 is 7.94 Å². The van der Waals surface area contributed by atoms with E-state index in [1.54, 1.807) is 0 Å². The third-order valence-corrected chi connectivity index (χ3v) is 3.42. The molecule has 0 unspecified atom stereocenters. The zero-order chi connectivity index (χ0) is 15.1. The van der Waals surface area contributed by atoms with Gasteiger partial charge in [0.05, 0.1) is 0 Å². The van der Waals surface area contributed by atoms with Crippen molar-refractivity contribution in [3.8, 4) is 5.75 Å². The Morgan fingerprint density at radius 2 is 1.26 bits per heavy atom. The smallest absolute Gasteiger partial charge is 0.287 e. The van der Waals surface area contributed by atoms with Gasteiger partial charge in [0.1, 0.15) is 6.66 Å². The van der Waals surface area contributed by atoms with E-state index in [1.807, 2.05) is 18.2 Å². The van der Waals surface area contributed by atoms with Crippen LogP contribution in [0.25, 0.3) is 0 Å². The molecule has 0 fully saturated rings. The summed E-state index contributed by atoms with van der Waals surface area (Å²) in [5.41, 5.74) is 1.75. The summed E-state index contributed by atoms with van der Waals surface area (Å²) in [6.07, 6.45) is 0. The predicted molar refractivity (Wildman–Crippen MR) is 81.8 cm³/mol. The van der Waals surface area contributed by atoms with Crippen LogP contribution in [0.5, 0.6) is 5.75 Å². The van der Waals surface area contributed by atoms with Gasteiger partial charge in [-0.25, -0.2) is 0 Å². The molecule has 1 aromatic rings. The highest BCUT2D eigenvalue weighted by molar-refractivity contribution is 7.59. The maximum atomic E-state index is 9.70. The van der Waals surface area contributed by atoms with Crippen molar-refractivity contribution in [3.05, 3.63) is 29.3 Å². The van der Waals surface area contributed by atoms with E-state index in [1.165, 1.54) is 6.66 Å². The topological polar surface area (TPSA) is 49.7 Å². The van der Waals surface area contributed by atoms with Crippen molar-refractivity contribution in [1.29, 1.82) is 0 Å². The summed E-state index contributed by atoms with van der Waals surface area (Å²) in [4.78, 5) is 19.4. The molecule has 1 rings (SSSR count). The molecule has 0 atom stereocenters. The van der Waals surface area contributed by atoms with E-state index in [2.05, 4.69) is 41.5 Å². The third kappa shape index (κ3) is 4.45. The highest BCUT2D eigenvalue weighted by atomic mass is 31.2. The molecule has 0 aliphatic carbocycles. The van der Waals surface area contributed by atoms with Gasteiger partial charge < -0.3 is 0 Å². The lowest BCUT2D eigenvalue weighted by Gasteiger charge is -2.28. The zero-order valence-electron chi connectivity index (χ0n) is 13.0. The number of para-hydroxylation sites is 1. The minimum Gasteiger partial charge on any atom is -0.287 e. The van der Waals surface area contributed by atoms with Crippen molar-refractivity contribution in [2.24, 2.45) is 0 Å². The lowest BCUT2D eigenvalue weighted by atomic mass is 9.80. The minimum absolute atomic E-state index is 0.119. The Bertz CT molecular complexity index is 416. The van der Waals surface area contributed by atoms with Gasteiger partial charge in [0.15, 0.2) is 5.75 Å². The first kappa shape index (κ1) is 16.4. The van der Waals surface area contributed by atoms with Crippen LogP contribution in [0, 0.1) is 0 Å². The largest absolute Gasteiger partial charge is 0.448 e. The normalized spacial score (nSPS) is 13.5. The number of benzene rings is 1. The van der Waals surface area contributed by atoms with Crippen LogP contribution < -0.4 is 4.52 Å². The molecule has 0 bridgehead atoms. The number of hydrogen-bond acceptors (Lipinski definition) is 3. The average molecular weight is 285 g/mol. The Morgan fingerprint density at radius 3 is 1.53 bits per heavy atom. The van der Waals surface area contributed by atoms with Crippen molar-refractivity contribution in [2.45, 2.75) is 52.4 Å². The van der Waals surface area contributed by atoms with Gasteiger partial charge in [-0.3, -0.25) is 4.52 Å². The summed E-state index contributed by atoms with van der Waals surface area (Å²) in [5, 5.41) is 0. The predicted octanol–water partition coefficient (Wildman–Crippen LogP) is 4.04. The number of rotatable bonds is 2. The van der Waals surface area contributed by atoms with E-state index in [0.29, 0.717) is 5.75 Å². The highest BCUT2D eigenvalue weighted by Gasteiger charge is 2.36. The molecular formula is C15H26O3P+. The highest BCUT2D eigenvalue weighted by Crippen LogP contribution is 2.51. The summed E-state index contributed by atoms with van der Waals surface area (Å²) in [5.74, 6) is 0.614. The molecule has 0 saturated carbocycles. The first-order valence-electron chi connectivity index (χ1n) is 6.48. The Hall–Kier alpha value is -0.630. The Balaban J connectivity index is 3.51. The first-order chi connectivity index (χ1) is 8.32. The van der Waals surface area contributed by atoms with Crippen LogP contribution in [0.3, 0.4) is 0 Å². The molecule has 2 N–H and O–H groups in total. The van der Waals surface area contributed by atoms with E-state index in [9.17, 15) is 9.79 Å². The molecule has 0 aliphatic rings. The Labute approximate surface area is 117 Å². The van der Waals surface area contributed by atoms with Gasteiger partial charge in [-0.2, -0.15) is 9.79 Å². The van der Waals surface area contributed by atoms with Crippen molar-refractivity contribution >= 4 is 7.94 Å². The second-order valence-corrected chi connectivity index (χ2v) is 8.96. The molecule has 0 aliphatic heterocycles. The van der Waals surface area contributed by atoms with Crippen molar-refractivity contribution in [1.82, 2.24) is 0 Å². The van der Waals surface area contributed by atoms with Gasteiger partial charge in [-0.1, -0.05) is 59.7 Å². The molecule has 4 heteroatoms. The fraction of sp³-hybridized carbons (Fsp3) is 0.600. The number of hydrogen-bond donors (Lipinski definition) is 2. The van der Waals surface area contributed by atoms with Crippen molar-refractivity contribution in [3.63, 3.8) is 0 Å². The molecule has 1 aromatic carbocycles. The maximum absolute atomic E-state index is 9.70. The second kappa shape index (κ2) is 5.05. The van der Waals surface area contributed by atoms with Gasteiger partial charge in [0.2, 0.25) is 0 Å². The quantitative estimate of drug-likeness (QED) is 0.806. The molecule has 19 heavy (non-hydrogen) atoms. The molecular weight excluding hydrogens is 259 g/mol. The van der Waals surface area contributed by atoms with E-state index < -0.39 is 7.94 Å². The Kier molecular flexibility index (Phi) is 4.36. The van der Waals surface area contributed by atoms with Crippen LogP contribution in [0.1, 0.15) is 52.7 Å². The molecule has 0 radical (unpaired) electrons. The van der Waals surface area contributed by atoms with Crippen molar-refractivity contribution < 1.29 is 14.3 Å². The van der Waals surface area contributed by atoms with Crippen LogP contribution in [0.15, 0.2) is 18.2 Å². The van der Waals surface area contributed by atoms with E-state index in [0.717, 1.165) is 11.1 Å². The minimum atomic E-state index is -3.33. The molecule has 0 amide bonds. The van der Waals surface area contributed by atoms with Gasteiger partial charge in [-0.15, -0.1) is 0 Å². The van der Waals surface area contributed by atoms with Gasteiger partial charge in [0, 0.05) is 11.1 Å². The fourth-order valence-electron chi connectivity index (χ4n) is 1.99. The fourth-order valence-corrected chi connectivity index (χ4v) is 2.53. The summed E-state index contributed by atoms with van der Waals surface area (Å²) in [6.45, 7) is 13.9. The maximum Gasteiger partial charge on any atom is 0.448 e. The van der Waals surface area contributed by atoms with Crippen LogP contribution in [0.4, 0.5) is 0 Å². The summed E-state index contributed by atoms with van der Waals surface area (Å²) >= 11 is 0. The van der Waals surface area contributed by atoms with Crippen LogP contribution in [-0.4, -0.2) is 16.5 Å². The zero-order valence-corrected chi connectivity index (χ0v) is 13.9. The van der Waals surface area contributed by atoms with Crippen LogP contribution in [-0.2, 0) is 10.8 Å². The average Bonchev–Trinajstić information content (AvgIpc) is 2.11.